The van der Waals surface area contributed by atoms with Crippen LogP contribution in [0.25, 0.3) is 80.5 Å². The summed E-state index contributed by atoms with van der Waals surface area (Å²) in [5, 5.41) is 11.6. The molecule has 3 aliphatic rings. The lowest BCUT2D eigenvalue weighted by molar-refractivity contribution is -0.614. The number of hydrogen-bond donors (Lipinski definition) is 1. The molecule has 0 saturated carbocycles. The number of nitrogens with zero attached hydrogens (tertiary/aromatic N) is 3. The highest BCUT2D eigenvalue weighted by atomic mass is 32.1. The van der Waals surface area contributed by atoms with Gasteiger partial charge in [0.2, 0.25) is 6.17 Å². The van der Waals surface area contributed by atoms with Crippen molar-refractivity contribution < 1.29 is 5.32 Å². The SMILES string of the molecule is c1ccc2c(c1)CCc1c-2c2cc3c(cc2n1-c1cc2c4c(c1)c1cc5ccccc5cc1n4C1[NH2+]c4ccccc4N=C21)sc1ccccc13. The second-order valence-electron chi connectivity index (χ2n) is 14.4. The van der Waals surface area contributed by atoms with Crippen LogP contribution in [0.3, 0.4) is 0 Å². The molecule has 13 rings (SSSR count). The summed E-state index contributed by atoms with van der Waals surface area (Å²) in [7, 11) is 0. The zero-order valence-corrected chi connectivity index (χ0v) is 28.3. The maximum atomic E-state index is 5.41. The van der Waals surface area contributed by atoms with Gasteiger partial charge in [-0.2, -0.15) is 0 Å². The number of quaternary nitrogens is 1. The van der Waals surface area contributed by atoms with Crippen molar-refractivity contribution in [2.24, 2.45) is 4.99 Å². The molecule has 238 valence electrons. The monoisotopic (exact) mass is 669 g/mol. The highest BCUT2D eigenvalue weighted by Crippen LogP contribution is 2.48. The molecule has 2 N–H and O–H groups in total. The van der Waals surface area contributed by atoms with Crippen molar-refractivity contribution in [3.8, 4) is 16.8 Å². The first kappa shape index (κ1) is 26.8. The number of para-hydroxylation sites is 2. The fourth-order valence-corrected chi connectivity index (χ4v) is 10.8. The summed E-state index contributed by atoms with van der Waals surface area (Å²) in [4.78, 5) is 5.41. The molecule has 5 heteroatoms. The average molecular weight is 670 g/mol. The number of aliphatic imine (C=N–C) groups is 1. The molecule has 1 unspecified atom stereocenters. The van der Waals surface area contributed by atoms with Crippen LogP contribution in [0.2, 0.25) is 0 Å². The molecule has 3 aromatic heterocycles. The highest BCUT2D eigenvalue weighted by molar-refractivity contribution is 7.25. The first-order valence-corrected chi connectivity index (χ1v) is 18.7. The summed E-state index contributed by atoms with van der Waals surface area (Å²) in [6, 6.07) is 50.0. The van der Waals surface area contributed by atoms with Crippen LogP contribution < -0.4 is 5.32 Å². The van der Waals surface area contributed by atoms with Crippen molar-refractivity contribution >= 4 is 92.1 Å². The van der Waals surface area contributed by atoms with Gasteiger partial charge in [-0.1, -0.05) is 78.9 Å². The average Bonchev–Trinajstić information content (AvgIpc) is 3.90. The smallest absolute Gasteiger partial charge is 0.215 e. The largest absolute Gasteiger partial charge is 0.313 e. The molecule has 0 bridgehead atoms. The van der Waals surface area contributed by atoms with Crippen molar-refractivity contribution in [1.29, 1.82) is 0 Å². The molecule has 7 aromatic carbocycles. The predicted octanol–water partition coefficient (Wildman–Crippen LogP) is 10.9. The molecule has 0 fully saturated rings. The van der Waals surface area contributed by atoms with Gasteiger partial charge in [0.25, 0.3) is 0 Å². The number of nitrogens with two attached hydrogens (primary N) is 1. The van der Waals surface area contributed by atoms with Crippen LogP contribution in [0, 0.1) is 0 Å². The summed E-state index contributed by atoms with van der Waals surface area (Å²) in [6.45, 7) is 0. The van der Waals surface area contributed by atoms with Gasteiger partial charge in [0.15, 0.2) is 5.69 Å². The Labute approximate surface area is 296 Å². The minimum absolute atomic E-state index is 0.0479. The van der Waals surface area contributed by atoms with E-state index in [9.17, 15) is 0 Å². The zero-order chi connectivity index (χ0) is 32.9. The molecule has 0 saturated heterocycles. The van der Waals surface area contributed by atoms with E-state index in [0.29, 0.717) is 0 Å². The summed E-state index contributed by atoms with van der Waals surface area (Å²) in [5.41, 5.74) is 15.3. The van der Waals surface area contributed by atoms with Crippen molar-refractivity contribution in [2.75, 3.05) is 0 Å². The molecule has 4 nitrogen and oxygen atoms in total. The van der Waals surface area contributed by atoms with Crippen molar-refractivity contribution in [1.82, 2.24) is 9.13 Å². The number of aryl methyl sites for hydroxylation is 1. The van der Waals surface area contributed by atoms with Crippen LogP contribution in [0.4, 0.5) is 11.4 Å². The Kier molecular flexibility index (Phi) is 4.94. The number of benzene rings is 7. The third-order valence-electron chi connectivity index (χ3n) is 11.8. The second kappa shape index (κ2) is 9.40. The van der Waals surface area contributed by atoms with E-state index < -0.39 is 0 Å². The number of fused-ring (bicyclic) bond motifs is 16. The van der Waals surface area contributed by atoms with E-state index >= 15 is 0 Å². The Morgan fingerprint density at radius 1 is 0.608 bits per heavy atom. The van der Waals surface area contributed by atoms with Crippen LogP contribution >= 0.6 is 11.3 Å². The Morgan fingerprint density at radius 3 is 2.39 bits per heavy atom. The molecule has 1 atom stereocenters. The molecule has 2 aliphatic heterocycles. The molecular weight excluding hydrogens is 641 g/mol. The minimum atomic E-state index is 0.0479. The van der Waals surface area contributed by atoms with Gasteiger partial charge in [-0.15, -0.1) is 11.3 Å². The number of hydrogen-bond acceptors (Lipinski definition) is 2. The fraction of sp³-hybridized carbons (Fsp3) is 0.0652. The minimum Gasteiger partial charge on any atom is -0.313 e. The van der Waals surface area contributed by atoms with E-state index in [2.05, 4.69) is 148 Å². The van der Waals surface area contributed by atoms with Crippen LogP contribution in [0.1, 0.15) is 23.0 Å². The number of thiophene rings is 1. The lowest BCUT2D eigenvalue weighted by Crippen LogP contribution is -2.82. The molecule has 1 aliphatic carbocycles. The Bertz CT molecular complexity index is 3240. The van der Waals surface area contributed by atoms with Crippen molar-refractivity contribution in [2.45, 2.75) is 19.0 Å². The molecule has 0 spiro atoms. The third kappa shape index (κ3) is 3.40. The lowest BCUT2D eigenvalue weighted by atomic mass is 9.88. The molecule has 10 aromatic rings. The predicted molar refractivity (Wildman–Crippen MR) is 213 cm³/mol. The highest BCUT2D eigenvalue weighted by Gasteiger charge is 2.40. The van der Waals surface area contributed by atoms with Crippen LogP contribution in [0.5, 0.6) is 0 Å². The quantitative estimate of drug-likeness (QED) is 0.169. The van der Waals surface area contributed by atoms with E-state index in [0.717, 1.165) is 24.2 Å². The molecule has 5 heterocycles. The van der Waals surface area contributed by atoms with Gasteiger partial charge in [0.05, 0.1) is 16.6 Å². The van der Waals surface area contributed by atoms with Crippen molar-refractivity contribution in [3.63, 3.8) is 0 Å². The van der Waals surface area contributed by atoms with E-state index in [1.54, 1.807) is 0 Å². The molecule has 0 radical (unpaired) electrons. The van der Waals surface area contributed by atoms with E-state index in [1.807, 2.05) is 11.3 Å². The number of rotatable bonds is 1. The van der Waals surface area contributed by atoms with Gasteiger partial charge in [-0.3, -0.25) is 9.88 Å². The third-order valence-corrected chi connectivity index (χ3v) is 13.0. The standard InChI is InChI=1S/C46H28N4S/c1-2-11-27-20-39-31(19-26(27)10-1)33-21-28(22-35-44-46(50(39)45(33)35)48-37-15-7-6-14-36(37)47-44)49-38-18-17-25-9-3-4-12-29(25)43(38)34-23-32-30-13-5-8-16-41(30)51-42(32)24-40(34)49/h1-16,19-24,46,48H,17-18H2/p+1. The van der Waals surface area contributed by atoms with Gasteiger partial charge in [0, 0.05) is 64.9 Å². The summed E-state index contributed by atoms with van der Waals surface area (Å²) in [6.07, 6.45) is 2.09. The van der Waals surface area contributed by atoms with Crippen molar-refractivity contribution in [3.05, 3.63) is 150 Å². The summed E-state index contributed by atoms with van der Waals surface area (Å²) >= 11 is 1.90. The van der Waals surface area contributed by atoms with E-state index in [4.69, 9.17) is 4.99 Å². The lowest BCUT2D eigenvalue weighted by Gasteiger charge is -2.21. The zero-order valence-electron chi connectivity index (χ0n) is 27.5. The first-order chi connectivity index (χ1) is 25.3. The van der Waals surface area contributed by atoms with Gasteiger partial charge in [-0.25, -0.2) is 4.99 Å². The Balaban J connectivity index is 1.18. The maximum Gasteiger partial charge on any atom is 0.215 e. The maximum absolute atomic E-state index is 5.41. The van der Waals surface area contributed by atoms with Crippen LogP contribution in [-0.2, 0) is 12.8 Å². The van der Waals surface area contributed by atoms with Gasteiger partial charge < -0.3 is 4.57 Å². The second-order valence-corrected chi connectivity index (χ2v) is 15.5. The van der Waals surface area contributed by atoms with E-state index in [-0.39, 0.29) is 6.17 Å². The molecular formula is C46H29N4S+. The normalized spacial score (nSPS) is 15.9. The summed E-state index contributed by atoms with van der Waals surface area (Å²) < 4.78 is 7.85. The Morgan fingerprint density at radius 2 is 1.43 bits per heavy atom. The molecule has 0 amide bonds. The van der Waals surface area contributed by atoms with Gasteiger partial charge in [-0.05, 0) is 83.3 Å². The molecule has 51 heavy (non-hydrogen) atoms. The van der Waals surface area contributed by atoms with Gasteiger partial charge in [0.1, 0.15) is 11.4 Å². The van der Waals surface area contributed by atoms with E-state index in [1.165, 1.54) is 103 Å². The first-order valence-electron chi connectivity index (χ1n) is 17.9. The van der Waals surface area contributed by atoms with Crippen LogP contribution in [-0.4, -0.2) is 14.8 Å². The Hall–Kier alpha value is -6.01. The fourth-order valence-electron chi connectivity index (χ4n) is 9.68. The van der Waals surface area contributed by atoms with Gasteiger partial charge >= 0.3 is 0 Å². The number of aromatic nitrogens is 2. The summed E-state index contributed by atoms with van der Waals surface area (Å²) in [5.74, 6) is 0. The topological polar surface area (TPSA) is 38.8 Å². The van der Waals surface area contributed by atoms with Crippen LogP contribution in [0.15, 0.2) is 138 Å².